The number of nitrogens with one attached hydrogen (secondary N) is 2. The largest absolute Gasteiger partial charge is 0.345 e. The molecule has 0 fully saturated rings. The van der Waals surface area contributed by atoms with Crippen LogP contribution in [0.5, 0.6) is 0 Å². The number of pyridine rings is 1. The molecule has 0 radical (unpaired) electrons. The van der Waals surface area contributed by atoms with Crippen molar-refractivity contribution in [2.75, 3.05) is 10.6 Å². The number of aromatic nitrogens is 1. The van der Waals surface area contributed by atoms with Gasteiger partial charge in [0.05, 0.1) is 0 Å². The second-order valence-electron chi connectivity index (χ2n) is 4.30. The number of nitrogens with zero attached hydrogens (tertiary/aromatic N) is 2. The second-order valence-corrected chi connectivity index (χ2v) is 4.30. The Morgan fingerprint density at radius 1 is 1.24 bits per heavy atom. The number of rotatable bonds is 4. The zero-order chi connectivity index (χ0) is 15.1. The van der Waals surface area contributed by atoms with Crippen LogP contribution in [0.3, 0.4) is 0 Å². The Balaban J connectivity index is 2.09. The lowest BCUT2D eigenvalue weighted by molar-refractivity contribution is -0.112. The molecule has 0 spiro atoms. The highest BCUT2D eigenvalue weighted by atomic mass is 16.1. The molecule has 1 heterocycles. The summed E-state index contributed by atoms with van der Waals surface area (Å²) < 4.78 is 0. The highest BCUT2D eigenvalue weighted by molar-refractivity contribution is 6.07. The minimum absolute atomic E-state index is 0.0242. The first kappa shape index (κ1) is 14.3. The molecule has 0 bridgehead atoms. The van der Waals surface area contributed by atoms with Crippen molar-refractivity contribution < 1.29 is 4.79 Å². The topological polar surface area (TPSA) is 77.8 Å². The van der Waals surface area contributed by atoms with Gasteiger partial charge < -0.3 is 10.6 Å². The second kappa shape index (κ2) is 6.87. The molecule has 0 saturated heterocycles. The van der Waals surface area contributed by atoms with Crippen molar-refractivity contribution in [1.29, 1.82) is 5.26 Å². The van der Waals surface area contributed by atoms with Crippen molar-refractivity contribution in [2.45, 2.75) is 6.92 Å². The summed E-state index contributed by atoms with van der Waals surface area (Å²) in [5.74, 6) is 0.101. The van der Waals surface area contributed by atoms with Gasteiger partial charge in [0.25, 0.3) is 5.91 Å². The zero-order valence-corrected chi connectivity index (χ0v) is 11.5. The molecule has 0 aliphatic heterocycles. The molecule has 1 aromatic carbocycles. The molecule has 0 saturated carbocycles. The molecule has 1 aromatic heterocycles. The van der Waals surface area contributed by atoms with Crippen LogP contribution in [0.15, 0.2) is 60.4 Å². The molecular weight excluding hydrogens is 264 g/mol. The maximum Gasteiger partial charge on any atom is 0.267 e. The maximum atomic E-state index is 12.1. The molecule has 2 N–H and O–H groups in total. The third kappa shape index (κ3) is 3.91. The van der Waals surface area contributed by atoms with Crippen LogP contribution in [0.4, 0.5) is 11.5 Å². The van der Waals surface area contributed by atoms with Crippen LogP contribution < -0.4 is 10.6 Å². The van der Waals surface area contributed by atoms with Crippen LogP contribution >= 0.6 is 0 Å². The summed E-state index contributed by atoms with van der Waals surface area (Å²) in [4.78, 5) is 16.1. The predicted molar refractivity (Wildman–Crippen MR) is 81.4 cm³/mol. The standard InChI is InChI=1S/C16H14N4O/c1-12-6-2-3-7-14(12)20-16(21)13(10-17)11-19-15-8-4-5-9-18-15/h2-9,11H,1H3,(H,18,19)(H,20,21)/b13-11-. The lowest BCUT2D eigenvalue weighted by Crippen LogP contribution is -2.15. The number of para-hydroxylation sites is 1. The van der Waals surface area contributed by atoms with Gasteiger partial charge in [-0.05, 0) is 30.7 Å². The molecule has 5 heteroatoms. The number of aryl methyl sites for hydroxylation is 1. The molecular formula is C16H14N4O. The van der Waals surface area contributed by atoms with E-state index in [1.165, 1.54) is 6.20 Å². The molecule has 5 nitrogen and oxygen atoms in total. The van der Waals surface area contributed by atoms with Crippen LogP contribution in [0.25, 0.3) is 0 Å². The van der Waals surface area contributed by atoms with E-state index in [-0.39, 0.29) is 5.57 Å². The predicted octanol–water partition coefficient (Wildman–Crippen LogP) is 2.85. The van der Waals surface area contributed by atoms with E-state index in [0.717, 1.165) is 5.56 Å². The Morgan fingerprint density at radius 3 is 2.67 bits per heavy atom. The minimum atomic E-state index is -0.463. The fourth-order valence-corrected chi connectivity index (χ4v) is 1.65. The summed E-state index contributed by atoms with van der Waals surface area (Å²) >= 11 is 0. The molecule has 21 heavy (non-hydrogen) atoms. The van der Waals surface area contributed by atoms with Crippen molar-refractivity contribution in [2.24, 2.45) is 0 Å². The number of amides is 1. The Bertz CT molecular complexity index is 702. The van der Waals surface area contributed by atoms with E-state index in [4.69, 9.17) is 5.26 Å². The smallest absolute Gasteiger partial charge is 0.267 e. The lowest BCUT2D eigenvalue weighted by atomic mass is 10.2. The highest BCUT2D eigenvalue weighted by Crippen LogP contribution is 2.14. The van der Waals surface area contributed by atoms with E-state index in [0.29, 0.717) is 11.5 Å². The number of carbonyl (C=O) groups excluding carboxylic acids is 1. The summed E-state index contributed by atoms with van der Waals surface area (Å²) in [7, 11) is 0. The van der Waals surface area contributed by atoms with Crippen molar-refractivity contribution in [3.63, 3.8) is 0 Å². The zero-order valence-electron chi connectivity index (χ0n) is 11.5. The van der Waals surface area contributed by atoms with E-state index < -0.39 is 5.91 Å². The Kier molecular flexibility index (Phi) is 4.67. The van der Waals surface area contributed by atoms with Crippen LogP contribution in [0, 0.1) is 18.3 Å². The van der Waals surface area contributed by atoms with Gasteiger partial charge in [0.1, 0.15) is 17.5 Å². The van der Waals surface area contributed by atoms with E-state index in [9.17, 15) is 4.79 Å². The molecule has 1 amide bonds. The molecule has 0 unspecified atom stereocenters. The normalized spacial score (nSPS) is 10.6. The quantitative estimate of drug-likeness (QED) is 0.666. The average molecular weight is 278 g/mol. The van der Waals surface area contributed by atoms with Gasteiger partial charge in [-0.15, -0.1) is 0 Å². The van der Waals surface area contributed by atoms with Gasteiger partial charge in [-0.2, -0.15) is 5.26 Å². The Hall–Kier alpha value is -3.13. The third-order valence-electron chi connectivity index (χ3n) is 2.79. The van der Waals surface area contributed by atoms with Gasteiger partial charge >= 0.3 is 0 Å². The Labute approximate surface area is 122 Å². The van der Waals surface area contributed by atoms with Crippen molar-refractivity contribution >= 4 is 17.4 Å². The van der Waals surface area contributed by atoms with E-state index >= 15 is 0 Å². The van der Waals surface area contributed by atoms with Gasteiger partial charge in [-0.25, -0.2) is 4.98 Å². The molecule has 0 aliphatic carbocycles. The lowest BCUT2D eigenvalue weighted by Gasteiger charge is -2.07. The van der Waals surface area contributed by atoms with Gasteiger partial charge in [0.15, 0.2) is 0 Å². The number of hydrogen-bond donors (Lipinski definition) is 2. The van der Waals surface area contributed by atoms with E-state index in [1.54, 1.807) is 24.4 Å². The molecule has 2 rings (SSSR count). The van der Waals surface area contributed by atoms with Crippen molar-refractivity contribution in [1.82, 2.24) is 4.98 Å². The summed E-state index contributed by atoms with van der Waals surface area (Å²) in [6, 6.07) is 14.6. The van der Waals surface area contributed by atoms with Gasteiger partial charge in [0, 0.05) is 18.1 Å². The molecule has 0 aliphatic rings. The monoisotopic (exact) mass is 278 g/mol. The first-order chi connectivity index (χ1) is 10.2. The fourth-order valence-electron chi connectivity index (χ4n) is 1.65. The van der Waals surface area contributed by atoms with Crippen LogP contribution in [0.2, 0.25) is 0 Å². The third-order valence-corrected chi connectivity index (χ3v) is 2.79. The van der Waals surface area contributed by atoms with Crippen molar-refractivity contribution in [3.05, 3.63) is 66.0 Å². The summed E-state index contributed by atoms with van der Waals surface area (Å²) in [6.07, 6.45) is 2.96. The number of benzene rings is 1. The van der Waals surface area contributed by atoms with Gasteiger partial charge in [-0.3, -0.25) is 4.79 Å². The fraction of sp³-hybridized carbons (Fsp3) is 0.0625. The first-order valence-corrected chi connectivity index (χ1v) is 6.35. The first-order valence-electron chi connectivity index (χ1n) is 6.35. The highest BCUT2D eigenvalue weighted by Gasteiger charge is 2.10. The van der Waals surface area contributed by atoms with Gasteiger partial charge in [0.2, 0.25) is 0 Å². The van der Waals surface area contributed by atoms with Crippen LogP contribution in [-0.2, 0) is 4.79 Å². The average Bonchev–Trinajstić information content (AvgIpc) is 2.51. The number of anilines is 2. The molecule has 104 valence electrons. The van der Waals surface area contributed by atoms with Crippen molar-refractivity contribution in [3.8, 4) is 6.07 Å². The summed E-state index contributed by atoms with van der Waals surface area (Å²) in [5, 5.41) is 14.6. The summed E-state index contributed by atoms with van der Waals surface area (Å²) in [6.45, 7) is 1.89. The summed E-state index contributed by atoms with van der Waals surface area (Å²) in [5.41, 5.74) is 1.59. The maximum absolute atomic E-state index is 12.1. The molecule has 0 atom stereocenters. The number of hydrogen-bond acceptors (Lipinski definition) is 4. The Morgan fingerprint density at radius 2 is 2.00 bits per heavy atom. The van der Waals surface area contributed by atoms with Gasteiger partial charge in [-0.1, -0.05) is 24.3 Å². The number of nitriles is 1. The van der Waals surface area contributed by atoms with Crippen LogP contribution in [-0.4, -0.2) is 10.9 Å². The number of carbonyl (C=O) groups is 1. The SMILES string of the molecule is Cc1ccccc1NC(=O)/C(C#N)=C\Nc1ccccn1. The molecule has 2 aromatic rings. The van der Waals surface area contributed by atoms with E-state index in [1.807, 2.05) is 37.3 Å². The van der Waals surface area contributed by atoms with E-state index in [2.05, 4.69) is 15.6 Å². The van der Waals surface area contributed by atoms with Crippen LogP contribution in [0.1, 0.15) is 5.56 Å². The minimum Gasteiger partial charge on any atom is -0.345 e.